The summed E-state index contributed by atoms with van der Waals surface area (Å²) in [6, 6.07) is 10.4. The van der Waals surface area contributed by atoms with E-state index in [9.17, 15) is 0 Å². The Balaban J connectivity index is 2.25. The number of hydrogen-bond donors (Lipinski definition) is 2. The number of ether oxygens (including phenoxy) is 2. The Hall–Kier alpha value is -2.76. The average Bonchev–Trinajstić information content (AvgIpc) is 2.47. The molecule has 0 saturated carbocycles. The zero-order valence-electron chi connectivity index (χ0n) is 11.3. The van der Waals surface area contributed by atoms with E-state index in [2.05, 4.69) is 10.2 Å². The largest absolute Gasteiger partial charge is 0.495 e. The first-order valence-corrected chi connectivity index (χ1v) is 5.93. The van der Waals surface area contributed by atoms with E-state index in [0.717, 1.165) is 0 Å². The average molecular weight is 272 g/mol. The van der Waals surface area contributed by atoms with E-state index in [1.165, 1.54) is 0 Å². The molecule has 0 fully saturated rings. The molecule has 6 heteroatoms. The molecular formula is C14H16N4O2. The van der Waals surface area contributed by atoms with Crippen molar-refractivity contribution >= 4 is 22.7 Å². The van der Waals surface area contributed by atoms with Crippen LogP contribution in [0.15, 0.2) is 46.6 Å². The van der Waals surface area contributed by atoms with Crippen molar-refractivity contribution < 1.29 is 9.47 Å². The lowest BCUT2D eigenvalue weighted by Crippen LogP contribution is -1.91. The third-order valence-electron chi connectivity index (χ3n) is 2.72. The van der Waals surface area contributed by atoms with Gasteiger partial charge < -0.3 is 20.9 Å². The number of hydrogen-bond acceptors (Lipinski definition) is 6. The molecule has 0 amide bonds. The van der Waals surface area contributed by atoms with Gasteiger partial charge in [0.05, 0.1) is 37.0 Å². The first-order chi connectivity index (χ1) is 9.63. The zero-order chi connectivity index (χ0) is 14.5. The molecule has 0 unspecified atom stereocenters. The number of anilines is 2. The first kappa shape index (κ1) is 13.7. The molecule has 104 valence electrons. The van der Waals surface area contributed by atoms with Crippen LogP contribution in [0, 0.1) is 0 Å². The molecule has 2 rings (SSSR count). The molecule has 0 atom stereocenters. The van der Waals surface area contributed by atoms with Crippen molar-refractivity contribution in [3.63, 3.8) is 0 Å². The molecule has 0 aliphatic carbocycles. The zero-order valence-corrected chi connectivity index (χ0v) is 11.3. The van der Waals surface area contributed by atoms with Crippen molar-refractivity contribution in [3.8, 4) is 11.5 Å². The van der Waals surface area contributed by atoms with Crippen LogP contribution in [0.25, 0.3) is 0 Å². The molecule has 0 radical (unpaired) electrons. The monoisotopic (exact) mass is 272 g/mol. The van der Waals surface area contributed by atoms with Gasteiger partial charge in [-0.25, -0.2) is 0 Å². The number of nitrogens with zero attached hydrogens (tertiary/aromatic N) is 2. The molecule has 0 bridgehead atoms. The highest BCUT2D eigenvalue weighted by Crippen LogP contribution is 2.30. The van der Waals surface area contributed by atoms with Crippen LogP contribution in [0.2, 0.25) is 0 Å². The van der Waals surface area contributed by atoms with Crippen LogP contribution >= 0.6 is 0 Å². The third-order valence-corrected chi connectivity index (χ3v) is 2.72. The van der Waals surface area contributed by atoms with E-state index < -0.39 is 0 Å². The highest BCUT2D eigenvalue weighted by molar-refractivity contribution is 5.61. The highest BCUT2D eigenvalue weighted by atomic mass is 16.5. The number of nitrogens with two attached hydrogens (primary N) is 2. The predicted octanol–water partition coefficient (Wildman–Crippen LogP) is 3.28. The minimum atomic E-state index is 0.556. The lowest BCUT2D eigenvalue weighted by molar-refractivity contribution is 0.417. The lowest BCUT2D eigenvalue weighted by atomic mass is 10.2. The summed E-state index contributed by atoms with van der Waals surface area (Å²) in [7, 11) is 3.11. The van der Waals surface area contributed by atoms with Crippen LogP contribution in [0.4, 0.5) is 22.7 Å². The van der Waals surface area contributed by atoms with Gasteiger partial charge in [-0.3, -0.25) is 0 Å². The lowest BCUT2D eigenvalue weighted by Gasteiger charge is -2.05. The quantitative estimate of drug-likeness (QED) is 0.659. The molecule has 6 nitrogen and oxygen atoms in total. The Bertz CT molecular complexity index is 586. The van der Waals surface area contributed by atoms with E-state index >= 15 is 0 Å². The van der Waals surface area contributed by atoms with Crippen molar-refractivity contribution in [2.75, 3.05) is 25.7 Å². The highest BCUT2D eigenvalue weighted by Gasteiger charge is 2.02. The Morgan fingerprint density at radius 3 is 1.50 bits per heavy atom. The van der Waals surface area contributed by atoms with E-state index in [1.54, 1.807) is 50.6 Å². The van der Waals surface area contributed by atoms with Gasteiger partial charge in [-0.15, -0.1) is 0 Å². The summed E-state index contributed by atoms with van der Waals surface area (Å²) < 4.78 is 10.3. The second-order valence-electron chi connectivity index (χ2n) is 4.05. The van der Waals surface area contributed by atoms with Crippen LogP contribution in [-0.4, -0.2) is 14.2 Å². The number of methoxy groups -OCH3 is 2. The molecule has 0 aromatic heterocycles. The van der Waals surface area contributed by atoms with Crippen LogP contribution in [-0.2, 0) is 0 Å². The minimum Gasteiger partial charge on any atom is -0.495 e. The fraction of sp³-hybridized carbons (Fsp3) is 0.143. The van der Waals surface area contributed by atoms with E-state index in [4.69, 9.17) is 20.9 Å². The van der Waals surface area contributed by atoms with Gasteiger partial charge in [0.2, 0.25) is 0 Å². The summed E-state index contributed by atoms with van der Waals surface area (Å²) in [5.74, 6) is 1.13. The number of nitrogen functional groups attached to an aromatic ring is 2. The molecule has 0 aliphatic heterocycles. The van der Waals surface area contributed by atoms with Crippen molar-refractivity contribution in [2.45, 2.75) is 0 Å². The Morgan fingerprint density at radius 2 is 1.15 bits per heavy atom. The number of rotatable bonds is 4. The minimum absolute atomic E-state index is 0.556. The maximum Gasteiger partial charge on any atom is 0.143 e. The maximum absolute atomic E-state index is 5.73. The number of benzene rings is 2. The second-order valence-corrected chi connectivity index (χ2v) is 4.05. The third kappa shape index (κ3) is 2.97. The van der Waals surface area contributed by atoms with E-state index in [-0.39, 0.29) is 0 Å². The summed E-state index contributed by atoms with van der Waals surface area (Å²) in [5.41, 5.74) is 13.9. The Labute approximate surface area is 117 Å². The van der Waals surface area contributed by atoms with Gasteiger partial charge in [0.15, 0.2) is 0 Å². The van der Waals surface area contributed by atoms with Crippen molar-refractivity contribution in [3.05, 3.63) is 36.4 Å². The summed E-state index contributed by atoms with van der Waals surface area (Å²) in [5, 5.41) is 8.25. The molecule has 20 heavy (non-hydrogen) atoms. The van der Waals surface area contributed by atoms with E-state index in [1.807, 2.05) is 0 Å². The fourth-order valence-electron chi connectivity index (χ4n) is 1.64. The van der Waals surface area contributed by atoms with E-state index in [0.29, 0.717) is 34.2 Å². The van der Waals surface area contributed by atoms with Gasteiger partial charge in [0.1, 0.15) is 11.5 Å². The van der Waals surface area contributed by atoms with Crippen molar-refractivity contribution in [1.82, 2.24) is 0 Å². The Morgan fingerprint density at radius 1 is 0.750 bits per heavy atom. The summed E-state index contributed by atoms with van der Waals surface area (Å²) in [6.07, 6.45) is 0. The summed E-state index contributed by atoms with van der Waals surface area (Å²) >= 11 is 0. The SMILES string of the molecule is COc1cc(/N=N/c2ccc(N)c(OC)c2)ccc1N. The van der Waals surface area contributed by atoms with Gasteiger partial charge in [0.25, 0.3) is 0 Å². The van der Waals surface area contributed by atoms with Crippen molar-refractivity contribution in [1.29, 1.82) is 0 Å². The van der Waals surface area contributed by atoms with Crippen LogP contribution < -0.4 is 20.9 Å². The smallest absolute Gasteiger partial charge is 0.143 e. The normalized spacial score (nSPS) is 10.7. The second kappa shape index (κ2) is 5.92. The van der Waals surface area contributed by atoms with Gasteiger partial charge in [-0.1, -0.05) is 0 Å². The predicted molar refractivity (Wildman–Crippen MR) is 79.0 cm³/mol. The number of azo groups is 1. The topological polar surface area (TPSA) is 95.2 Å². The van der Waals surface area contributed by atoms with Gasteiger partial charge in [-0.2, -0.15) is 10.2 Å². The van der Waals surface area contributed by atoms with Gasteiger partial charge in [0, 0.05) is 12.1 Å². The molecule has 0 aliphatic rings. The molecule has 2 aromatic rings. The van der Waals surface area contributed by atoms with Crippen LogP contribution in [0.1, 0.15) is 0 Å². The molecular weight excluding hydrogens is 256 g/mol. The fourth-order valence-corrected chi connectivity index (χ4v) is 1.64. The molecule has 0 saturated heterocycles. The molecule has 0 heterocycles. The molecule has 4 N–H and O–H groups in total. The van der Waals surface area contributed by atoms with Crippen LogP contribution in [0.3, 0.4) is 0 Å². The van der Waals surface area contributed by atoms with Gasteiger partial charge >= 0.3 is 0 Å². The molecule has 0 spiro atoms. The summed E-state index contributed by atoms with van der Waals surface area (Å²) in [6.45, 7) is 0. The standard InChI is InChI=1S/C14H16N4O2/c1-19-13-7-9(3-5-11(13)15)17-18-10-4-6-12(16)14(8-10)20-2/h3-8H,15-16H2,1-2H3/b18-17+. The maximum atomic E-state index is 5.73. The summed E-state index contributed by atoms with van der Waals surface area (Å²) in [4.78, 5) is 0. The van der Waals surface area contributed by atoms with Gasteiger partial charge in [-0.05, 0) is 24.3 Å². The Kier molecular flexibility index (Phi) is 4.05. The van der Waals surface area contributed by atoms with Crippen molar-refractivity contribution in [2.24, 2.45) is 10.2 Å². The van der Waals surface area contributed by atoms with Crippen LogP contribution in [0.5, 0.6) is 11.5 Å². The molecule has 2 aromatic carbocycles. The first-order valence-electron chi connectivity index (χ1n) is 5.93.